The van der Waals surface area contributed by atoms with Crippen LogP contribution in [0.4, 0.5) is 5.69 Å². The van der Waals surface area contributed by atoms with E-state index in [9.17, 15) is 9.59 Å². The first-order chi connectivity index (χ1) is 16.0. The Hall–Kier alpha value is -3.86. The number of benzene rings is 3. The maximum Gasteiger partial charge on any atom is 0.282 e. The lowest BCUT2D eigenvalue weighted by atomic mass is 9.97. The Balaban J connectivity index is 1.67. The number of ether oxygens (including phenoxy) is 1. The third kappa shape index (κ3) is 3.59. The van der Waals surface area contributed by atoms with Gasteiger partial charge in [0.25, 0.3) is 11.8 Å². The van der Waals surface area contributed by atoms with Crippen LogP contribution in [-0.2, 0) is 22.6 Å². The maximum absolute atomic E-state index is 13.9. The van der Waals surface area contributed by atoms with E-state index in [2.05, 4.69) is 12.1 Å². The van der Waals surface area contributed by atoms with Gasteiger partial charge < -0.3 is 9.64 Å². The first-order valence-electron chi connectivity index (χ1n) is 11.1. The van der Waals surface area contributed by atoms with Crippen LogP contribution in [0.2, 0.25) is 0 Å². The molecular weight excluding hydrogens is 412 g/mol. The molecule has 0 fully saturated rings. The van der Waals surface area contributed by atoms with E-state index in [4.69, 9.17) is 4.74 Å². The first kappa shape index (κ1) is 21.0. The van der Waals surface area contributed by atoms with Crippen molar-refractivity contribution in [2.45, 2.75) is 26.8 Å². The number of amides is 2. The topological polar surface area (TPSA) is 49.9 Å². The van der Waals surface area contributed by atoms with Crippen LogP contribution in [0.1, 0.15) is 27.8 Å². The number of anilines is 1. The van der Waals surface area contributed by atoms with Crippen molar-refractivity contribution in [3.05, 3.63) is 100 Å². The minimum absolute atomic E-state index is 0.287. The summed E-state index contributed by atoms with van der Waals surface area (Å²) in [4.78, 5) is 31.1. The van der Waals surface area contributed by atoms with Gasteiger partial charge in [-0.1, -0.05) is 48.5 Å². The van der Waals surface area contributed by atoms with Crippen molar-refractivity contribution in [1.29, 1.82) is 0 Å². The smallest absolute Gasteiger partial charge is 0.282 e. The Morgan fingerprint density at radius 2 is 1.48 bits per heavy atom. The molecule has 0 bridgehead atoms. The molecule has 0 aromatic heterocycles. The van der Waals surface area contributed by atoms with Crippen LogP contribution >= 0.6 is 0 Å². The zero-order chi connectivity index (χ0) is 23.1. The van der Waals surface area contributed by atoms with Gasteiger partial charge in [-0.25, -0.2) is 4.90 Å². The third-order valence-electron chi connectivity index (χ3n) is 6.35. The summed E-state index contributed by atoms with van der Waals surface area (Å²) in [5.41, 5.74) is 6.56. The van der Waals surface area contributed by atoms with Crippen molar-refractivity contribution < 1.29 is 14.3 Å². The van der Waals surface area contributed by atoms with Crippen molar-refractivity contribution in [3.8, 4) is 5.75 Å². The summed E-state index contributed by atoms with van der Waals surface area (Å²) < 4.78 is 5.58. The molecule has 2 heterocycles. The summed E-state index contributed by atoms with van der Waals surface area (Å²) >= 11 is 0. The first-order valence-corrected chi connectivity index (χ1v) is 11.1. The van der Waals surface area contributed by atoms with Crippen molar-refractivity contribution >= 4 is 23.1 Å². The molecule has 0 N–H and O–H groups in total. The number of rotatable bonds is 4. The fourth-order valence-electron chi connectivity index (χ4n) is 4.91. The zero-order valence-corrected chi connectivity index (χ0v) is 19.1. The fraction of sp³-hybridized carbons (Fsp3) is 0.214. The molecule has 33 heavy (non-hydrogen) atoms. The molecule has 2 aliphatic rings. The van der Waals surface area contributed by atoms with Crippen LogP contribution in [0.3, 0.4) is 0 Å². The highest BCUT2D eigenvalue weighted by atomic mass is 16.5. The van der Waals surface area contributed by atoms with Gasteiger partial charge in [0.15, 0.2) is 0 Å². The second-order valence-electron chi connectivity index (χ2n) is 8.66. The largest absolute Gasteiger partial charge is 0.496 e. The van der Waals surface area contributed by atoms with Crippen molar-refractivity contribution in [2.75, 3.05) is 18.6 Å². The van der Waals surface area contributed by atoms with E-state index >= 15 is 0 Å². The molecule has 3 aromatic rings. The number of carbonyl (C=O) groups excluding carboxylic acids is 2. The molecule has 0 atom stereocenters. The van der Waals surface area contributed by atoms with Gasteiger partial charge in [-0.05, 0) is 60.7 Å². The number of fused-ring (bicyclic) bond motifs is 1. The van der Waals surface area contributed by atoms with E-state index in [1.807, 2.05) is 73.3 Å². The van der Waals surface area contributed by atoms with Crippen molar-refractivity contribution in [1.82, 2.24) is 4.90 Å². The number of para-hydroxylation sites is 1. The molecule has 0 aliphatic carbocycles. The van der Waals surface area contributed by atoms with Crippen LogP contribution in [-0.4, -0.2) is 30.4 Å². The van der Waals surface area contributed by atoms with Gasteiger partial charge >= 0.3 is 0 Å². The van der Waals surface area contributed by atoms with Gasteiger partial charge in [-0.15, -0.1) is 0 Å². The van der Waals surface area contributed by atoms with Gasteiger partial charge in [-0.3, -0.25) is 9.59 Å². The normalized spacial score (nSPS) is 15.8. The van der Waals surface area contributed by atoms with Gasteiger partial charge in [0, 0.05) is 18.7 Å². The quantitative estimate of drug-likeness (QED) is 0.556. The number of nitrogens with zero attached hydrogens (tertiary/aromatic N) is 2. The van der Waals surface area contributed by atoms with E-state index in [-0.39, 0.29) is 11.8 Å². The standard InChI is InChI=1S/C28H26N2O3/c1-18-14-19(2)16-22(15-18)30-27(31)25(23-10-6-7-11-24(23)33-3)26(28(30)32)29-13-12-20-8-4-5-9-21(20)17-29/h4-11,14-16H,12-13,17H2,1-3H3. The highest BCUT2D eigenvalue weighted by Crippen LogP contribution is 2.40. The number of aryl methyl sites for hydroxylation is 2. The van der Waals surface area contributed by atoms with Gasteiger partial charge in [0.1, 0.15) is 11.4 Å². The Bertz CT molecular complexity index is 1290. The SMILES string of the molecule is COc1ccccc1C1=C(N2CCc3ccccc3C2)C(=O)N(c2cc(C)cc(C)c2)C1=O. The van der Waals surface area contributed by atoms with Gasteiger partial charge in [0.05, 0.1) is 18.4 Å². The molecule has 0 radical (unpaired) electrons. The Morgan fingerprint density at radius 3 is 2.21 bits per heavy atom. The second-order valence-corrected chi connectivity index (χ2v) is 8.66. The van der Waals surface area contributed by atoms with Crippen LogP contribution in [0, 0.1) is 13.8 Å². The zero-order valence-electron chi connectivity index (χ0n) is 19.1. The second kappa shape index (κ2) is 8.24. The summed E-state index contributed by atoms with van der Waals surface area (Å²) in [7, 11) is 1.58. The van der Waals surface area contributed by atoms with Crippen molar-refractivity contribution in [2.24, 2.45) is 0 Å². The lowest BCUT2D eigenvalue weighted by Gasteiger charge is -2.31. The molecule has 0 unspecified atom stereocenters. The molecule has 166 valence electrons. The highest BCUT2D eigenvalue weighted by Gasteiger charge is 2.44. The summed E-state index contributed by atoms with van der Waals surface area (Å²) in [5.74, 6) is -0.0283. The summed E-state index contributed by atoms with van der Waals surface area (Å²) in [6.45, 7) is 5.20. The average molecular weight is 439 g/mol. The summed E-state index contributed by atoms with van der Waals surface area (Å²) in [6.07, 6.45) is 0.823. The minimum Gasteiger partial charge on any atom is -0.496 e. The summed E-state index contributed by atoms with van der Waals surface area (Å²) in [5, 5.41) is 0. The molecule has 5 rings (SSSR count). The molecule has 2 aliphatic heterocycles. The Morgan fingerprint density at radius 1 is 0.818 bits per heavy atom. The number of hydrogen-bond donors (Lipinski definition) is 0. The molecule has 0 saturated carbocycles. The van der Waals surface area contributed by atoms with E-state index in [0.717, 1.165) is 17.5 Å². The predicted octanol–water partition coefficient (Wildman–Crippen LogP) is 4.65. The van der Waals surface area contributed by atoms with E-state index in [0.29, 0.717) is 41.4 Å². The van der Waals surface area contributed by atoms with Crippen LogP contribution in [0.5, 0.6) is 5.75 Å². The van der Waals surface area contributed by atoms with Crippen LogP contribution in [0.15, 0.2) is 72.4 Å². The highest BCUT2D eigenvalue weighted by molar-refractivity contribution is 6.45. The van der Waals surface area contributed by atoms with Gasteiger partial charge in [0.2, 0.25) is 0 Å². The van der Waals surface area contributed by atoms with Crippen molar-refractivity contribution in [3.63, 3.8) is 0 Å². The Kier molecular flexibility index (Phi) is 5.25. The van der Waals surface area contributed by atoms with Gasteiger partial charge in [-0.2, -0.15) is 0 Å². The maximum atomic E-state index is 13.9. The minimum atomic E-state index is -0.316. The molecule has 2 amide bonds. The van der Waals surface area contributed by atoms with E-state index in [1.165, 1.54) is 16.0 Å². The molecule has 0 spiro atoms. The summed E-state index contributed by atoms with van der Waals surface area (Å²) in [6, 6.07) is 21.5. The van der Waals surface area contributed by atoms with Crippen LogP contribution in [0.25, 0.3) is 5.57 Å². The number of methoxy groups -OCH3 is 1. The monoisotopic (exact) mass is 438 g/mol. The Labute approximate surface area is 193 Å². The average Bonchev–Trinajstić information content (AvgIpc) is 3.07. The molecule has 5 heteroatoms. The lowest BCUT2D eigenvalue weighted by Crippen LogP contribution is -2.37. The van der Waals surface area contributed by atoms with E-state index < -0.39 is 0 Å². The molecule has 3 aromatic carbocycles. The lowest BCUT2D eigenvalue weighted by molar-refractivity contribution is -0.120. The molecule has 0 saturated heterocycles. The third-order valence-corrected chi connectivity index (χ3v) is 6.35. The van der Waals surface area contributed by atoms with E-state index in [1.54, 1.807) is 7.11 Å². The number of carbonyl (C=O) groups is 2. The van der Waals surface area contributed by atoms with Crippen LogP contribution < -0.4 is 9.64 Å². The number of hydrogen-bond acceptors (Lipinski definition) is 4. The predicted molar refractivity (Wildman–Crippen MR) is 129 cm³/mol. The molecular formula is C28H26N2O3. The fourth-order valence-corrected chi connectivity index (χ4v) is 4.91. The number of imide groups is 1. The molecule has 5 nitrogen and oxygen atoms in total.